The molecule has 0 aliphatic rings. The van der Waals surface area contributed by atoms with Gasteiger partial charge in [0.05, 0.1) is 13.0 Å². The van der Waals surface area contributed by atoms with Gasteiger partial charge in [-0.25, -0.2) is 0 Å². The molecule has 0 spiro atoms. The maximum Gasteiger partial charge on any atom is 0.224 e. The summed E-state index contributed by atoms with van der Waals surface area (Å²) in [6, 6.07) is 7.49. The van der Waals surface area contributed by atoms with Crippen LogP contribution in [0.4, 0.5) is 0 Å². The summed E-state index contributed by atoms with van der Waals surface area (Å²) in [5, 5.41) is 11.3. The number of amides is 1. The quantitative estimate of drug-likeness (QED) is 0.699. The average Bonchev–Trinajstić information content (AvgIpc) is 2.32. The number of hydrogen-bond acceptors (Lipinski definition) is 3. The molecule has 4 heteroatoms. The lowest BCUT2D eigenvalue weighted by molar-refractivity contribution is -0.120. The summed E-state index contributed by atoms with van der Waals surface area (Å²) < 4.78 is 5.32. The molecule has 4 nitrogen and oxygen atoms in total. The van der Waals surface area contributed by atoms with E-state index in [1.165, 1.54) is 0 Å². The van der Waals surface area contributed by atoms with Crippen molar-refractivity contribution in [3.8, 4) is 5.75 Å². The van der Waals surface area contributed by atoms with Crippen LogP contribution in [0.1, 0.15) is 18.9 Å². The Morgan fingerprint density at radius 3 is 2.65 bits per heavy atom. The lowest BCUT2D eigenvalue weighted by atomic mass is 10.1. The van der Waals surface area contributed by atoms with Crippen LogP contribution in [0.2, 0.25) is 0 Å². The standard InChI is InChI=1S/C13H19NO3/c1-2-17-12-6-4-11(5-7-12)10-13(16)14-8-3-9-15/h4-7,15H,2-3,8-10H2,1H3,(H,14,16). The van der Waals surface area contributed by atoms with Crippen molar-refractivity contribution in [2.45, 2.75) is 19.8 Å². The van der Waals surface area contributed by atoms with Gasteiger partial charge < -0.3 is 15.2 Å². The molecule has 0 fully saturated rings. The molecule has 1 aromatic rings. The van der Waals surface area contributed by atoms with Gasteiger partial charge in [-0.15, -0.1) is 0 Å². The highest BCUT2D eigenvalue weighted by atomic mass is 16.5. The Kier molecular flexibility index (Phi) is 6.10. The molecule has 1 aromatic carbocycles. The molecule has 0 aliphatic heterocycles. The molecule has 0 aliphatic carbocycles. The first-order valence-corrected chi connectivity index (χ1v) is 5.85. The van der Waals surface area contributed by atoms with Crippen LogP contribution in [0.15, 0.2) is 24.3 Å². The number of nitrogens with one attached hydrogen (secondary N) is 1. The smallest absolute Gasteiger partial charge is 0.224 e. The van der Waals surface area contributed by atoms with Crippen LogP contribution in [0.3, 0.4) is 0 Å². The Morgan fingerprint density at radius 2 is 2.06 bits per heavy atom. The second kappa shape index (κ2) is 7.68. The molecule has 0 unspecified atom stereocenters. The maximum atomic E-state index is 11.5. The number of ether oxygens (including phenoxy) is 1. The van der Waals surface area contributed by atoms with E-state index in [-0.39, 0.29) is 12.5 Å². The first kappa shape index (κ1) is 13.5. The van der Waals surface area contributed by atoms with E-state index < -0.39 is 0 Å². The molecule has 0 heterocycles. The first-order valence-electron chi connectivity index (χ1n) is 5.85. The number of carbonyl (C=O) groups is 1. The minimum absolute atomic E-state index is 0.0254. The molecule has 1 amide bonds. The van der Waals surface area contributed by atoms with E-state index >= 15 is 0 Å². The van der Waals surface area contributed by atoms with Crippen molar-refractivity contribution in [2.24, 2.45) is 0 Å². The highest BCUT2D eigenvalue weighted by Gasteiger charge is 2.02. The zero-order chi connectivity index (χ0) is 12.5. The van der Waals surface area contributed by atoms with Gasteiger partial charge in [0.25, 0.3) is 0 Å². The molecule has 2 N–H and O–H groups in total. The van der Waals surface area contributed by atoms with Gasteiger partial charge >= 0.3 is 0 Å². The predicted molar refractivity (Wildman–Crippen MR) is 66.0 cm³/mol. The topological polar surface area (TPSA) is 58.6 Å². The average molecular weight is 237 g/mol. The van der Waals surface area contributed by atoms with Gasteiger partial charge in [0.15, 0.2) is 0 Å². The predicted octanol–water partition coefficient (Wildman–Crippen LogP) is 1.13. The molecule has 0 atom stereocenters. The van der Waals surface area contributed by atoms with Gasteiger partial charge in [0.1, 0.15) is 5.75 Å². The lowest BCUT2D eigenvalue weighted by Crippen LogP contribution is -2.26. The van der Waals surface area contributed by atoms with Crippen molar-refractivity contribution in [3.63, 3.8) is 0 Å². The Morgan fingerprint density at radius 1 is 1.35 bits per heavy atom. The minimum atomic E-state index is -0.0254. The second-order valence-corrected chi connectivity index (χ2v) is 3.68. The highest BCUT2D eigenvalue weighted by molar-refractivity contribution is 5.78. The molecular weight excluding hydrogens is 218 g/mol. The maximum absolute atomic E-state index is 11.5. The van der Waals surface area contributed by atoms with Crippen molar-refractivity contribution in [1.82, 2.24) is 5.32 Å². The van der Waals surface area contributed by atoms with Crippen molar-refractivity contribution in [2.75, 3.05) is 19.8 Å². The van der Waals surface area contributed by atoms with E-state index in [1.54, 1.807) is 0 Å². The Bertz CT molecular complexity index is 335. The zero-order valence-electron chi connectivity index (χ0n) is 10.1. The number of benzene rings is 1. The first-order chi connectivity index (χ1) is 8.26. The van der Waals surface area contributed by atoms with Crippen molar-refractivity contribution in [3.05, 3.63) is 29.8 Å². The Balaban J connectivity index is 2.37. The number of aliphatic hydroxyl groups excluding tert-OH is 1. The van der Waals surface area contributed by atoms with Crippen LogP contribution in [0.25, 0.3) is 0 Å². The third-order valence-electron chi connectivity index (χ3n) is 2.26. The van der Waals surface area contributed by atoms with Crippen molar-refractivity contribution >= 4 is 5.91 Å². The van der Waals surface area contributed by atoms with E-state index in [4.69, 9.17) is 9.84 Å². The van der Waals surface area contributed by atoms with Crippen LogP contribution in [0.5, 0.6) is 5.75 Å². The van der Waals surface area contributed by atoms with Crippen molar-refractivity contribution < 1.29 is 14.6 Å². The Labute approximate surface area is 102 Å². The molecule has 0 radical (unpaired) electrons. The van der Waals surface area contributed by atoms with E-state index in [0.717, 1.165) is 11.3 Å². The number of rotatable bonds is 7. The zero-order valence-corrected chi connectivity index (χ0v) is 10.1. The van der Waals surface area contributed by atoms with Gasteiger partial charge in [-0.2, -0.15) is 0 Å². The fourth-order valence-electron chi connectivity index (χ4n) is 1.42. The van der Waals surface area contributed by atoms with Gasteiger partial charge in [-0.05, 0) is 31.0 Å². The summed E-state index contributed by atoms with van der Waals surface area (Å²) in [4.78, 5) is 11.5. The summed E-state index contributed by atoms with van der Waals surface area (Å²) in [6.07, 6.45) is 0.951. The molecule has 0 saturated heterocycles. The monoisotopic (exact) mass is 237 g/mol. The van der Waals surface area contributed by atoms with Crippen molar-refractivity contribution in [1.29, 1.82) is 0 Å². The Hall–Kier alpha value is -1.55. The fraction of sp³-hybridized carbons (Fsp3) is 0.462. The summed E-state index contributed by atoms with van der Waals surface area (Å²) in [6.45, 7) is 3.19. The number of aliphatic hydroxyl groups is 1. The largest absolute Gasteiger partial charge is 0.494 e. The summed E-state index contributed by atoms with van der Waals surface area (Å²) in [5.41, 5.74) is 0.954. The molecule has 0 saturated carbocycles. The van der Waals surface area contributed by atoms with Gasteiger partial charge in [0.2, 0.25) is 5.91 Å². The van der Waals surface area contributed by atoms with Gasteiger partial charge in [0, 0.05) is 13.2 Å². The summed E-state index contributed by atoms with van der Waals surface area (Å²) in [7, 11) is 0. The van der Waals surface area contributed by atoms with Crippen LogP contribution >= 0.6 is 0 Å². The van der Waals surface area contributed by atoms with Crippen LogP contribution in [-0.2, 0) is 11.2 Å². The summed E-state index contributed by atoms with van der Waals surface area (Å²) in [5.74, 6) is 0.791. The summed E-state index contributed by atoms with van der Waals surface area (Å²) >= 11 is 0. The second-order valence-electron chi connectivity index (χ2n) is 3.68. The molecular formula is C13H19NO3. The van der Waals surface area contributed by atoms with Gasteiger partial charge in [-0.1, -0.05) is 12.1 Å². The third-order valence-corrected chi connectivity index (χ3v) is 2.26. The van der Waals surface area contributed by atoms with E-state index in [9.17, 15) is 4.79 Å². The van der Waals surface area contributed by atoms with E-state index in [2.05, 4.69) is 5.32 Å². The minimum Gasteiger partial charge on any atom is -0.494 e. The SMILES string of the molecule is CCOc1ccc(CC(=O)NCCCO)cc1. The highest BCUT2D eigenvalue weighted by Crippen LogP contribution is 2.12. The molecule has 0 bridgehead atoms. The lowest BCUT2D eigenvalue weighted by Gasteiger charge is -2.06. The normalized spacial score (nSPS) is 10.0. The van der Waals surface area contributed by atoms with E-state index in [1.807, 2.05) is 31.2 Å². The fourth-order valence-corrected chi connectivity index (χ4v) is 1.42. The molecule has 1 rings (SSSR count). The third kappa shape index (κ3) is 5.36. The van der Waals surface area contributed by atoms with Crippen LogP contribution < -0.4 is 10.1 Å². The van der Waals surface area contributed by atoms with Crippen LogP contribution in [0, 0.1) is 0 Å². The molecule has 0 aromatic heterocycles. The number of carbonyl (C=O) groups excluding carboxylic acids is 1. The van der Waals surface area contributed by atoms with Gasteiger partial charge in [-0.3, -0.25) is 4.79 Å². The molecule has 17 heavy (non-hydrogen) atoms. The number of hydrogen-bond donors (Lipinski definition) is 2. The molecule has 94 valence electrons. The van der Waals surface area contributed by atoms with Crippen LogP contribution in [-0.4, -0.2) is 30.8 Å². The van der Waals surface area contributed by atoms with E-state index in [0.29, 0.717) is 26.0 Å².